The Labute approximate surface area is 155 Å². The summed E-state index contributed by atoms with van der Waals surface area (Å²) in [7, 11) is 0. The van der Waals surface area contributed by atoms with Crippen molar-refractivity contribution in [1.29, 1.82) is 0 Å². The van der Waals surface area contributed by atoms with E-state index in [4.69, 9.17) is 11.6 Å². The fourth-order valence-corrected chi connectivity index (χ4v) is 3.54. The lowest BCUT2D eigenvalue weighted by atomic mass is 10.1. The first kappa shape index (κ1) is 15.6. The number of nitrogens with zero attached hydrogens (tertiary/aromatic N) is 5. The molecule has 0 fully saturated rings. The molecule has 0 aliphatic carbocycles. The summed E-state index contributed by atoms with van der Waals surface area (Å²) in [5.74, 6) is 0. The van der Waals surface area contributed by atoms with Crippen molar-refractivity contribution >= 4 is 44.9 Å². The van der Waals surface area contributed by atoms with E-state index in [2.05, 4.69) is 35.9 Å². The second-order valence-corrected chi connectivity index (χ2v) is 7.12. The Morgan fingerprint density at radius 2 is 1.96 bits per heavy atom. The summed E-state index contributed by atoms with van der Waals surface area (Å²) in [5.41, 5.74) is 2.45. The van der Waals surface area contributed by atoms with Crippen molar-refractivity contribution in [1.82, 2.24) is 24.3 Å². The number of benzene rings is 1. The van der Waals surface area contributed by atoms with Crippen LogP contribution in [0.3, 0.4) is 0 Å². The molecule has 3 aromatic heterocycles. The maximum absolute atomic E-state index is 6.61. The van der Waals surface area contributed by atoms with Gasteiger partial charge in [-0.3, -0.25) is 4.98 Å². The first-order valence-electron chi connectivity index (χ1n) is 6.94. The Morgan fingerprint density at radius 3 is 2.79 bits per heavy atom. The molecular weight excluding hydrogens is 410 g/mol. The standard InChI is InChI=1S/C16H9BrClN5S/c17-13-6-22-15(8-21-13)24-12-3-1-2-10(16(12)18)11-9-23-5-4-19-14(23)7-20-11/h1-9H. The van der Waals surface area contributed by atoms with Gasteiger partial charge in [0.15, 0.2) is 5.65 Å². The molecule has 0 saturated heterocycles. The third kappa shape index (κ3) is 3.02. The molecule has 118 valence electrons. The van der Waals surface area contributed by atoms with Crippen LogP contribution in [-0.2, 0) is 0 Å². The van der Waals surface area contributed by atoms with Gasteiger partial charge in [-0.2, -0.15) is 0 Å². The molecule has 24 heavy (non-hydrogen) atoms. The Morgan fingerprint density at radius 1 is 1.04 bits per heavy atom. The van der Waals surface area contributed by atoms with Crippen LogP contribution in [0.1, 0.15) is 0 Å². The molecule has 3 heterocycles. The lowest BCUT2D eigenvalue weighted by Crippen LogP contribution is -1.91. The fraction of sp³-hybridized carbons (Fsp3) is 0. The minimum atomic E-state index is 0.638. The van der Waals surface area contributed by atoms with Gasteiger partial charge in [-0.1, -0.05) is 35.5 Å². The van der Waals surface area contributed by atoms with Crippen molar-refractivity contribution in [3.05, 3.63) is 65.0 Å². The maximum atomic E-state index is 6.61. The predicted octanol–water partition coefficient (Wildman–Crippen LogP) is 4.75. The second-order valence-electron chi connectivity index (χ2n) is 4.86. The summed E-state index contributed by atoms with van der Waals surface area (Å²) in [6.07, 6.45) is 10.6. The van der Waals surface area contributed by atoms with Crippen LogP contribution >= 0.6 is 39.3 Å². The highest BCUT2D eigenvalue weighted by Gasteiger charge is 2.12. The van der Waals surface area contributed by atoms with Crippen molar-refractivity contribution < 1.29 is 0 Å². The van der Waals surface area contributed by atoms with Crippen LogP contribution in [0.25, 0.3) is 16.9 Å². The number of halogens is 2. The molecular formula is C16H9BrClN5S. The van der Waals surface area contributed by atoms with E-state index < -0.39 is 0 Å². The zero-order chi connectivity index (χ0) is 16.5. The molecule has 0 radical (unpaired) electrons. The van der Waals surface area contributed by atoms with Crippen molar-refractivity contribution in [2.75, 3.05) is 0 Å². The third-order valence-corrected chi connectivity index (χ3v) is 5.24. The normalized spacial score (nSPS) is 11.1. The summed E-state index contributed by atoms with van der Waals surface area (Å²) in [5, 5.41) is 1.41. The molecule has 4 rings (SSSR count). The van der Waals surface area contributed by atoms with Crippen molar-refractivity contribution in [3.63, 3.8) is 0 Å². The Bertz CT molecular complexity index is 1020. The molecule has 8 heteroatoms. The van der Waals surface area contributed by atoms with Crippen LogP contribution in [0.4, 0.5) is 0 Å². The second kappa shape index (κ2) is 6.51. The van der Waals surface area contributed by atoms with Crippen LogP contribution in [0.2, 0.25) is 5.02 Å². The van der Waals surface area contributed by atoms with E-state index in [1.54, 1.807) is 24.8 Å². The average Bonchev–Trinajstić information content (AvgIpc) is 3.06. The lowest BCUT2D eigenvalue weighted by molar-refractivity contribution is 1.03. The number of fused-ring (bicyclic) bond motifs is 1. The average molecular weight is 419 g/mol. The number of hydrogen-bond acceptors (Lipinski definition) is 5. The highest BCUT2D eigenvalue weighted by atomic mass is 79.9. The van der Waals surface area contributed by atoms with Crippen molar-refractivity contribution in [2.45, 2.75) is 9.92 Å². The van der Waals surface area contributed by atoms with Crippen LogP contribution in [-0.4, -0.2) is 24.3 Å². The van der Waals surface area contributed by atoms with E-state index in [9.17, 15) is 0 Å². The molecule has 0 aliphatic heterocycles. The highest BCUT2D eigenvalue weighted by Crippen LogP contribution is 2.37. The highest BCUT2D eigenvalue weighted by molar-refractivity contribution is 9.10. The zero-order valence-corrected chi connectivity index (χ0v) is 15.3. The minimum absolute atomic E-state index is 0.638. The topological polar surface area (TPSA) is 56.0 Å². The van der Waals surface area contributed by atoms with E-state index >= 15 is 0 Å². The third-order valence-electron chi connectivity index (χ3n) is 3.33. The summed E-state index contributed by atoms with van der Waals surface area (Å²) >= 11 is 11.3. The summed E-state index contributed by atoms with van der Waals surface area (Å²) < 4.78 is 2.61. The SMILES string of the molecule is Clc1c(Sc2cnc(Br)cn2)cccc1-c1cn2ccnc2cn1. The maximum Gasteiger partial charge on any atom is 0.155 e. The van der Waals surface area contributed by atoms with Gasteiger partial charge in [-0.15, -0.1) is 0 Å². The predicted molar refractivity (Wildman–Crippen MR) is 97.3 cm³/mol. The van der Waals surface area contributed by atoms with E-state index in [0.29, 0.717) is 9.63 Å². The number of imidazole rings is 1. The van der Waals surface area contributed by atoms with E-state index in [1.807, 2.05) is 35.0 Å². The molecule has 4 aromatic rings. The van der Waals surface area contributed by atoms with Gasteiger partial charge in [0.25, 0.3) is 0 Å². The smallest absolute Gasteiger partial charge is 0.155 e. The molecule has 0 bridgehead atoms. The van der Waals surface area contributed by atoms with Gasteiger partial charge >= 0.3 is 0 Å². The van der Waals surface area contributed by atoms with Gasteiger partial charge in [0.05, 0.1) is 29.3 Å². The van der Waals surface area contributed by atoms with Gasteiger partial charge in [0, 0.05) is 29.0 Å². The summed E-state index contributed by atoms with van der Waals surface area (Å²) in [6.45, 7) is 0. The number of rotatable bonds is 3. The number of aromatic nitrogens is 5. The quantitative estimate of drug-likeness (QED) is 0.480. The fourth-order valence-electron chi connectivity index (χ4n) is 2.22. The van der Waals surface area contributed by atoms with E-state index in [0.717, 1.165) is 26.8 Å². The molecule has 0 spiro atoms. The molecule has 0 unspecified atom stereocenters. The number of hydrogen-bond donors (Lipinski definition) is 0. The van der Waals surface area contributed by atoms with Crippen LogP contribution in [0.15, 0.2) is 69.9 Å². The van der Waals surface area contributed by atoms with Crippen molar-refractivity contribution in [3.8, 4) is 11.3 Å². The monoisotopic (exact) mass is 417 g/mol. The van der Waals surface area contributed by atoms with Crippen LogP contribution in [0, 0.1) is 0 Å². The lowest BCUT2D eigenvalue weighted by Gasteiger charge is -2.09. The molecule has 1 aromatic carbocycles. The van der Waals surface area contributed by atoms with Gasteiger partial charge in [-0.05, 0) is 22.0 Å². The molecule has 0 atom stereocenters. The zero-order valence-electron chi connectivity index (χ0n) is 12.1. The summed E-state index contributed by atoms with van der Waals surface area (Å²) in [6, 6.07) is 5.86. The molecule has 0 saturated carbocycles. The van der Waals surface area contributed by atoms with Gasteiger partial charge in [0.2, 0.25) is 0 Å². The summed E-state index contributed by atoms with van der Waals surface area (Å²) in [4.78, 5) is 18.1. The Kier molecular flexibility index (Phi) is 4.22. The van der Waals surface area contributed by atoms with Gasteiger partial charge < -0.3 is 4.40 Å². The Hall–Kier alpha value is -1.96. The van der Waals surface area contributed by atoms with Gasteiger partial charge in [-0.25, -0.2) is 15.0 Å². The molecule has 5 nitrogen and oxygen atoms in total. The first-order valence-corrected chi connectivity index (χ1v) is 8.92. The molecule has 0 aliphatic rings. The minimum Gasteiger partial charge on any atom is -0.304 e. The van der Waals surface area contributed by atoms with Crippen molar-refractivity contribution in [2.24, 2.45) is 0 Å². The van der Waals surface area contributed by atoms with Crippen LogP contribution < -0.4 is 0 Å². The van der Waals surface area contributed by atoms with E-state index in [1.165, 1.54) is 11.8 Å². The molecule has 0 N–H and O–H groups in total. The van der Waals surface area contributed by atoms with Gasteiger partial charge in [0.1, 0.15) is 9.63 Å². The largest absolute Gasteiger partial charge is 0.304 e. The first-order chi connectivity index (χ1) is 11.7. The van der Waals surface area contributed by atoms with E-state index in [-0.39, 0.29) is 0 Å². The molecule has 0 amide bonds. The Balaban J connectivity index is 1.73. The van der Waals surface area contributed by atoms with Crippen LogP contribution in [0.5, 0.6) is 0 Å².